The lowest BCUT2D eigenvalue weighted by Gasteiger charge is -2.16. The lowest BCUT2D eigenvalue weighted by Crippen LogP contribution is -2.13. The molecule has 0 atom stereocenters. The van der Waals surface area contributed by atoms with E-state index in [1.165, 1.54) is 12.8 Å². The highest BCUT2D eigenvalue weighted by atomic mass is 16.3. The van der Waals surface area contributed by atoms with Crippen molar-refractivity contribution < 1.29 is 4.42 Å². The zero-order chi connectivity index (χ0) is 23.2. The molecule has 4 heterocycles. The fourth-order valence-corrected chi connectivity index (χ4v) is 4.02. The van der Waals surface area contributed by atoms with Crippen molar-refractivity contribution >= 4 is 22.7 Å². The molecule has 4 aromatic heterocycles. The molecule has 0 radical (unpaired) electrons. The second-order valence-corrected chi connectivity index (χ2v) is 8.40. The maximum atomic E-state index is 6.16. The largest absolute Gasteiger partial charge is 0.454 e. The molecule has 0 saturated carbocycles. The fraction of sp³-hybridized carbons (Fsp3) is 0.385. The van der Waals surface area contributed by atoms with Crippen molar-refractivity contribution in [1.29, 1.82) is 0 Å². The number of hydrogen-bond acceptors (Lipinski definition) is 7. The Morgan fingerprint density at radius 2 is 1.85 bits per heavy atom. The van der Waals surface area contributed by atoms with Crippen LogP contribution >= 0.6 is 0 Å². The summed E-state index contributed by atoms with van der Waals surface area (Å²) in [6.07, 6.45) is 7.01. The van der Waals surface area contributed by atoms with Gasteiger partial charge in [-0.05, 0) is 50.5 Å². The van der Waals surface area contributed by atoms with Crippen LogP contribution in [0.1, 0.15) is 50.2 Å². The first kappa shape index (κ1) is 22.7. The molecule has 7 heteroatoms. The molecule has 0 bridgehead atoms. The van der Waals surface area contributed by atoms with Gasteiger partial charge in [-0.25, -0.2) is 4.98 Å². The average molecular weight is 445 g/mol. The van der Waals surface area contributed by atoms with Crippen LogP contribution in [0.15, 0.2) is 47.1 Å². The SMILES string of the molecule is CCC(CC)CCNc1nc(NCc2ccccn2)nc(C)c1-c1cc2cc(C)ncc2o1. The molecule has 0 aliphatic carbocycles. The summed E-state index contributed by atoms with van der Waals surface area (Å²) in [6.45, 7) is 9.87. The fourth-order valence-electron chi connectivity index (χ4n) is 4.02. The quantitative estimate of drug-likeness (QED) is 0.303. The van der Waals surface area contributed by atoms with Crippen molar-refractivity contribution in [3.05, 3.63) is 59.8 Å². The highest BCUT2D eigenvalue weighted by Gasteiger charge is 2.18. The van der Waals surface area contributed by atoms with E-state index in [2.05, 4.69) is 34.4 Å². The zero-order valence-corrected chi connectivity index (χ0v) is 19.9. The summed E-state index contributed by atoms with van der Waals surface area (Å²) in [5.74, 6) is 2.79. The Bertz CT molecular complexity index is 1200. The molecule has 0 spiro atoms. The van der Waals surface area contributed by atoms with E-state index in [-0.39, 0.29) is 0 Å². The molecule has 4 rings (SSSR count). The van der Waals surface area contributed by atoms with Crippen LogP contribution in [0.5, 0.6) is 0 Å². The molecular formula is C26H32N6O. The monoisotopic (exact) mass is 444 g/mol. The molecule has 33 heavy (non-hydrogen) atoms. The molecular weight excluding hydrogens is 412 g/mol. The Kier molecular flexibility index (Phi) is 7.17. The van der Waals surface area contributed by atoms with E-state index < -0.39 is 0 Å². The number of nitrogens with zero attached hydrogens (tertiary/aromatic N) is 4. The van der Waals surface area contributed by atoms with E-state index in [0.717, 1.165) is 58.2 Å². The van der Waals surface area contributed by atoms with Crippen LogP contribution in [-0.4, -0.2) is 26.5 Å². The van der Waals surface area contributed by atoms with Gasteiger partial charge in [-0.2, -0.15) is 4.98 Å². The predicted molar refractivity (Wildman–Crippen MR) is 133 cm³/mol. The topological polar surface area (TPSA) is 88.8 Å². The third-order valence-corrected chi connectivity index (χ3v) is 6.03. The predicted octanol–water partition coefficient (Wildman–Crippen LogP) is 6.15. The normalized spacial score (nSPS) is 11.3. The number of fused-ring (bicyclic) bond motifs is 1. The molecule has 0 amide bonds. The molecule has 0 aliphatic heterocycles. The molecule has 0 fully saturated rings. The Balaban J connectivity index is 1.65. The molecule has 0 aromatic carbocycles. The molecule has 0 aliphatic rings. The van der Waals surface area contributed by atoms with E-state index in [1.807, 2.05) is 44.2 Å². The Morgan fingerprint density at radius 1 is 1.00 bits per heavy atom. The van der Waals surface area contributed by atoms with Crippen molar-refractivity contribution in [2.75, 3.05) is 17.2 Å². The molecule has 0 unspecified atom stereocenters. The van der Waals surface area contributed by atoms with Crippen molar-refractivity contribution in [3.63, 3.8) is 0 Å². The number of hydrogen-bond donors (Lipinski definition) is 2. The maximum Gasteiger partial charge on any atom is 0.225 e. The first-order valence-electron chi connectivity index (χ1n) is 11.7. The summed E-state index contributed by atoms with van der Waals surface area (Å²) in [7, 11) is 0. The summed E-state index contributed by atoms with van der Waals surface area (Å²) >= 11 is 0. The van der Waals surface area contributed by atoms with Crippen molar-refractivity contribution in [3.8, 4) is 11.3 Å². The highest BCUT2D eigenvalue weighted by Crippen LogP contribution is 2.34. The zero-order valence-electron chi connectivity index (χ0n) is 19.9. The van der Waals surface area contributed by atoms with Gasteiger partial charge in [0.05, 0.1) is 29.7 Å². The van der Waals surface area contributed by atoms with Gasteiger partial charge in [0.2, 0.25) is 5.95 Å². The summed E-state index contributed by atoms with van der Waals surface area (Å²) in [6, 6.07) is 9.94. The van der Waals surface area contributed by atoms with Crippen LogP contribution < -0.4 is 10.6 Å². The molecule has 0 saturated heterocycles. The number of aryl methyl sites for hydroxylation is 2. The van der Waals surface area contributed by atoms with Crippen LogP contribution in [0.4, 0.5) is 11.8 Å². The number of nitrogens with one attached hydrogen (secondary N) is 2. The lowest BCUT2D eigenvalue weighted by molar-refractivity contribution is 0.468. The standard InChI is InChI=1S/C26H32N6O/c1-5-19(6-2)10-12-28-25-24(22-14-20-13-17(3)29-16-23(20)33-22)18(4)31-26(32-25)30-15-21-9-7-8-11-27-21/h7-9,11,13-14,16,19H,5-6,10,12,15H2,1-4H3,(H2,28,30,31,32). The van der Waals surface area contributed by atoms with E-state index in [1.54, 1.807) is 12.4 Å². The summed E-state index contributed by atoms with van der Waals surface area (Å²) in [5, 5.41) is 7.90. The Morgan fingerprint density at radius 3 is 2.61 bits per heavy atom. The van der Waals surface area contributed by atoms with Crippen LogP contribution in [0.2, 0.25) is 0 Å². The maximum absolute atomic E-state index is 6.16. The minimum atomic E-state index is 0.558. The first-order chi connectivity index (χ1) is 16.1. The lowest BCUT2D eigenvalue weighted by atomic mass is 10.00. The number of anilines is 2. The van der Waals surface area contributed by atoms with Gasteiger partial charge in [-0.15, -0.1) is 0 Å². The van der Waals surface area contributed by atoms with Crippen molar-refractivity contribution in [2.45, 2.75) is 53.5 Å². The first-order valence-corrected chi connectivity index (χ1v) is 11.7. The number of rotatable bonds is 10. The van der Waals surface area contributed by atoms with Crippen LogP contribution in [0, 0.1) is 19.8 Å². The van der Waals surface area contributed by atoms with E-state index in [4.69, 9.17) is 14.4 Å². The molecule has 7 nitrogen and oxygen atoms in total. The number of pyridine rings is 2. The number of aromatic nitrogens is 4. The summed E-state index contributed by atoms with van der Waals surface area (Å²) in [5.41, 5.74) is 4.39. The smallest absolute Gasteiger partial charge is 0.225 e. The van der Waals surface area contributed by atoms with Crippen molar-refractivity contribution in [1.82, 2.24) is 19.9 Å². The van der Waals surface area contributed by atoms with E-state index in [0.29, 0.717) is 18.4 Å². The third-order valence-electron chi connectivity index (χ3n) is 6.03. The molecule has 172 valence electrons. The molecule has 4 aromatic rings. The van der Waals surface area contributed by atoms with E-state index in [9.17, 15) is 0 Å². The summed E-state index contributed by atoms with van der Waals surface area (Å²) in [4.78, 5) is 18.3. The van der Waals surface area contributed by atoms with Gasteiger partial charge in [0, 0.05) is 23.8 Å². The minimum absolute atomic E-state index is 0.558. The van der Waals surface area contributed by atoms with Gasteiger partial charge in [-0.3, -0.25) is 9.97 Å². The van der Waals surface area contributed by atoms with Gasteiger partial charge < -0.3 is 15.1 Å². The Labute approximate surface area is 195 Å². The van der Waals surface area contributed by atoms with Gasteiger partial charge in [0.15, 0.2) is 5.58 Å². The average Bonchev–Trinajstić information content (AvgIpc) is 3.23. The summed E-state index contributed by atoms with van der Waals surface area (Å²) < 4.78 is 6.16. The third kappa shape index (κ3) is 5.48. The van der Waals surface area contributed by atoms with Crippen LogP contribution in [0.25, 0.3) is 22.3 Å². The van der Waals surface area contributed by atoms with Crippen molar-refractivity contribution in [2.24, 2.45) is 5.92 Å². The second kappa shape index (κ2) is 10.4. The van der Waals surface area contributed by atoms with Crippen LogP contribution in [-0.2, 0) is 6.54 Å². The molecule has 2 N–H and O–H groups in total. The Hall–Kier alpha value is -3.48. The van der Waals surface area contributed by atoms with E-state index >= 15 is 0 Å². The number of furan rings is 1. The minimum Gasteiger partial charge on any atom is -0.454 e. The highest BCUT2D eigenvalue weighted by molar-refractivity contribution is 5.86. The second-order valence-electron chi connectivity index (χ2n) is 8.40. The van der Waals surface area contributed by atoms with Gasteiger partial charge >= 0.3 is 0 Å². The van der Waals surface area contributed by atoms with Gasteiger partial charge in [0.1, 0.15) is 11.6 Å². The van der Waals surface area contributed by atoms with Gasteiger partial charge in [-0.1, -0.05) is 32.8 Å². The van der Waals surface area contributed by atoms with Crippen LogP contribution in [0.3, 0.4) is 0 Å². The van der Waals surface area contributed by atoms with Gasteiger partial charge in [0.25, 0.3) is 0 Å².